The predicted molar refractivity (Wildman–Crippen MR) is 75.9 cm³/mol. The number of thiophene rings is 1. The Bertz CT molecular complexity index is 555. The molecule has 0 bridgehead atoms. The van der Waals surface area contributed by atoms with Crippen molar-refractivity contribution in [3.05, 3.63) is 50.7 Å². The van der Waals surface area contributed by atoms with Crippen LogP contribution in [0.3, 0.4) is 0 Å². The van der Waals surface area contributed by atoms with Gasteiger partial charge in [0.2, 0.25) is 0 Å². The molecule has 1 N–H and O–H groups in total. The SMILES string of the molecule is CCOc1ccc(NCc2ccsc2)c([N+](=O)[O-])c1. The largest absolute Gasteiger partial charge is 0.494 e. The summed E-state index contributed by atoms with van der Waals surface area (Å²) >= 11 is 1.60. The predicted octanol–water partition coefficient (Wildman–Crippen LogP) is 3.67. The minimum absolute atomic E-state index is 0.0289. The number of hydrogen-bond acceptors (Lipinski definition) is 5. The lowest BCUT2D eigenvalue weighted by atomic mass is 10.2. The summed E-state index contributed by atoms with van der Waals surface area (Å²) in [6.45, 7) is 2.89. The molecule has 1 aromatic heterocycles. The highest BCUT2D eigenvalue weighted by Gasteiger charge is 2.14. The van der Waals surface area contributed by atoms with E-state index in [0.717, 1.165) is 5.56 Å². The van der Waals surface area contributed by atoms with Crippen molar-refractivity contribution in [2.45, 2.75) is 13.5 Å². The average Bonchev–Trinajstić information content (AvgIpc) is 2.90. The normalized spacial score (nSPS) is 10.2. The van der Waals surface area contributed by atoms with Gasteiger partial charge in [0.15, 0.2) is 0 Å². The molecule has 0 spiro atoms. The van der Waals surface area contributed by atoms with Gasteiger partial charge in [0.1, 0.15) is 11.4 Å². The molecule has 0 saturated carbocycles. The van der Waals surface area contributed by atoms with Gasteiger partial charge in [-0.05, 0) is 41.4 Å². The van der Waals surface area contributed by atoms with E-state index < -0.39 is 4.92 Å². The van der Waals surface area contributed by atoms with Crippen LogP contribution in [-0.4, -0.2) is 11.5 Å². The van der Waals surface area contributed by atoms with E-state index in [9.17, 15) is 10.1 Å². The van der Waals surface area contributed by atoms with E-state index in [1.807, 2.05) is 23.8 Å². The number of nitrogens with one attached hydrogen (secondary N) is 1. The first-order valence-electron chi connectivity index (χ1n) is 5.87. The van der Waals surface area contributed by atoms with Gasteiger partial charge in [-0.25, -0.2) is 0 Å². The molecule has 1 aromatic carbocycles. The molecule has 0 fully saturated rings. The second-order valence-electron chi connectivity index (χ2n) is 3.85. The zero-order valence-corrected chi connectivity index (χ0v) is 11.3. The highest BCUT2D eigenvalue weighted by molar-refractivity contribution is 7.07. The molecular formula is C13H14N2O3S. The first-order valence-corrected chi connectivity index (χ1v) is 6.81. The molecule has 0 atom stereocenters. The van der Waals surface area contributed by atoms with Crippen molar-refractivity contribution in [2.24, 2.45) is 0 Å². The molecule has 0 radical (unpaired) electrons. The number of rotatable bonds is 6. The van der Waals surface area contributed by atoms with Crippen LogP contribution in [0.15, 0.2) is 35.0 Å². The Labute approximate surface area is 115 Å². The zero-order valence-electron chi connectivity index (χ0n) is 10.5. The summed E-state index contributed by atoms with van der Waals surface area (Å²) in [4.78, 5) is 10.6. The molecule has 6 heteroatoms. The van der Waals surface area contributed by atoms with Crippen LogP contribution >= 0.6 is 11.3 Å². The van der Waals surface area contributed by atoms with Crippen LogP contribution in [0, 0.1) is 10.1 Å². The van der Waals surface area contributed by atoms with Crippen LogP contribution in [0.5, 0.6) is 5.75 Å². The average molecular weight is 278 g/mol. The summed E-state index contributed by atoms with van der Waals surface area (Å²) in [5, 5.41) is 18.1. The minimum Gasteiger partial charge on any atom is -0.494 e. The molecule has 0 aliphatic rings. The fraction of sp³-hybridized carbons (Fsp3) is 0.231. The van der Waals surface area contributed by atoms with E-state index in [0.29, 0.717) is 24.6 Å². The highest BCUT2D eigenvalue weighted by atomic mass is 32.1. The van der Waals surface area contributed by atoms with Crippen LogP contribution < -0.4 is 10.1 Å². The molecule has 0 amide bonds. The lowest BCUT2D eigenvalue weighted by molar-refractivity contribution is -0.384. The van der Waals surface area contributed by atoms with Gasteiger partial charge in [-0.15, -0.1) is 0 Å². The minimum atomic E-state index is -0.404. The van der Waals surface area contributed by atoms with E-state index in [2.05, 4.69) is 5.32 Å². The van der Waals surface area contributed by atoms with Gasteiger partial charge in [0, 0.05) is 6.54 Å². The van der Waals surface area contributed by atoms with Crippen LogP contribution in [0.4, 0.5) is 11.4 Å². The molecule has 0 saturated heterocycles. The Morgan fingerprint density at radius 2 is 2.26 bits per heavy atom. The van der Waals surface area contributed by atoms with Crippen LogP contribution in [0.25, 0.3) is 0 Å². The van der Waals surface area contributed by atoms with Crippen LogP contribution in [0.1, 0.15) is 12.5 Å². The summed E-state index contributed by atoms with van der Waals surface area (Å²) in [5.41, 5.74) is 1.63. The number of nitro benzene ring substituents is 1. The second-order valence-corrected chi connectivity index (χ2v) is 4.63. The van der Waals surface area contributed by atoms with Gasteiger partial charge < -0.3 is 10.1 Å². The quantitative estimate of drug-likeness (QED) is 0.647. The Hall–Kier alpha value is -2.08. The molecule has 0 aliphatic heterocycles. The van der Waals surface area contributed by atoms with Crippen molar-refractivity contribution in [3.63, 3.8) is 0 Å². The number of ether oxygens (including phenoxy) is 1. The van der Waals surface area contributed by atoms with Gasteiger partial charge in [-0.3, -0.25) is 10.1 Å². The standard InChI is InChI=1S/C13H14N2O3S/c1-2-18-11-3-4-12(13(7-11)15(16)17)14-8-10-5-6-19-9-10/h3-7,9,14H,2,8H2,1H3. The van der Waals surface area contributed by atoms with E-state index >= 15 is 0 Å². The maximum absolute atomic E-state index is 11.1. The topological polar surface area (TPSA) is 64.4 Å². The summed E-state index contributed by atoms with van der Waals surface area (Å²) in [6.07, 6.45) is 0. The molecule has 19 heavy (non-hydrogen) atoms. The van der Waals surface area contributed by atoms with Gasteiger partial charge in [-0.1, -0.05) is 0 Å². The Morgan fingerprint density at radius 3 is 2.89 bits per heavy atom. The molecule has 2 aromatic rings. The third-order valence-electron chi connectivity index (χ3n) is 2.54. The Balaban J connectivity index is 2.16. The van der Waals surface area contributed by atoms with E-state index in [1.54, 1.807) is 23.5 Å². The fourth-order valence-electron chi connectivity index (χ4n) is 1.66. The van der Waals surface area contributed by atoms with E-state index in [-0.39, 0.29) is 5.69 Å². The van der Waals surface area contributed by atoms with Crippen molar-refractivity contribution in [3.8, 4) is 5.75 Å². The van der Waals surface area contributed by atoms with E-state index in [4.69, 9.17) is 4.74 Å². The molecule has 2 rings (SSSR count). The van der Waals surface area contributed by atoms with Crippen molar-refractivity contribution < 1.29 is 9.66 Å². The molecule has 100 valence electrons. The summed E-state index contributed by atoms with van der Waals surface area (Å²) in [7, 11) is 0. The molecule has 0 unspecified atom stereocenters. The Kier molecular flexibility index (Phi) is 4.35. The molecule has 0 aliphatic carbocycles. The first kappa shape index (κ1) is 13.4. The van der Waals surface area contributed by atoms with Gasteiger partial charge in [-0.2, -0.15) is 11.3 Å². The monoisotopic (exact) mass is 278 g/mol. The number of hydrogen-bond donors (Lipinski definition) is 1. The smallest absolute Gasteiger partial charge is 0.296 e. The maximum Gasteiger partial charge on any atom is 0.296 e. The van der Waals surface area contributed by atoms with Crippen LogP contribution in [-0.2, 0) is 6.54 Å². The number of nitrogens with zero attached hydrogens (tertiary/aromatic N) is 1. The number of nitro groups is 1. The summed E-state index contributed by atoms with van der Waals surface area (Å²) in [6, 6.07) is 6.83. The molecule has 1 heterocycles. The number of benzene rings is 1. The third kappa shape index (κ3) is 3.45. The first-order chi connectivity index (χ1) is 9.20. The summed E-state index contributed by atoms with van der Waals surface area (Å²) < 4.78 is 5.27. The van der Waals surface area contributed by atoms with Gasteiger partial charge >= 0.3 is 0 Å². The maximum atomic E-state index is 11.1. The fourth-order valence-corrected chi connectivity index (χ4v) is 2.33. The second kappa shape index (κ2) is 6.19. The zero-order chi connectivity index (χ0) is 13.7. The third-order valence-corrected chi connectivity index (χ3v) is 3.27. The Morgan fingerprint density at radius 1 is 1.42 bits per heavy atom. The summed E-state index contributed by atoms with van der Waals surface area (Å²) in [5.74, 6) is 0.510. The lowest BCUT2D eigenvalue weighted by Crippen LogP contribution is -2.02. The van der Waals surface area contributed by atoms with E-state index in [1.165, 1.54) is 6.07 Å². The highest BCUT2D eigenvalue weighted by Crippen LogP contribution is 2.29. The molecule has 5 nitrogen and oxygen atoms in total. The van der Waals surface area contributed by atoms with Gasteiger partial charge in [0.25, 0.3) is 5.69 Å². The van der Waals surface area contributed by atoms with Gasteiger partial charge in [0.05, 0.1) is 17.6 Å². The van der Waals surface area contributed by atoms with Crippen LogP contribution in [0.2, 0.25) is 0 Å². The lowest BCUT2D eigenvalue weighted by Gasteiger charge is -2.08. The molecular weight excluding hydrogens is 264 g/mol. The van der Waals surface area contributed by atoms with Crippen molar-refractivity contribution >= 4 is 22.7 Å². The van der Waals surface area contributed by atoms with Crippen molar-refractivity contribution in [2.75, 3.05) is 11.9 Å². The van der Waals surface area contributed by atoms with Crippen molar-refractivity contribution in [1.29, 1.82) is 0 Å². The van der Waals surface area contributed by atoms with Crippen molar-refractivity contribution in [1.82, 2.24) is 0 Å². The number of anilines is 1.